The lowest BCUT2D eigenvalue weighted by atomic mass is 10.0. The second-order valence-electron chi connectivity index (χ2n) is 10.8. The van der Waals surface area contributed by atoms with Gasteiger partial charge in [0, 0.05) is 22.7 Å². The van der Waals surface area contributed by atoms with Crippen LogP contribution in [0.2, 0.25) is 0 Å². The predicted octanol–water partition coefficient (Wildman–Crippen LogP) is 9.47. The van der Waals surface area contributed by atoms with Crippen molar-refractivity contribution in [2.24, 2.45) is 0 Å². The van der Waals surface area contributed by atoms with Crippen molar-refractivity contribution in [1.29, 1.82) is 0 Å². The Hall–Kier alpha value is -4.84. The van der Waals surface area contributed by atoms with Crippen LogP contribution in [0.5, 0.6) is 0 Å². The summed E-state index contributed by atoms with van der Waals surface area (Å²) in [6, 6.07) is 17.2. The van der Waals surface area contributed by atoms with E-state index in [4.69, 9.17) is 15.2 Å². The van der Waals surface area contributed by atoms with Crippen LogP contribution in [-0.2, 0) is 14.3 Å². The predicted molar refractivity (Wildman–Crippen MR) is 212 cm³/mol. The van der Waals surface area contributed by atoms with Gasteiger partial charge in [0.2, 0.25) is 11.2 Å². The highest BCUT2D eigenvalue weighted by molar-refractivity contribution is 8.21. The van der Waals surface area contributed by atoms with Crippen molar-refractivity contribution >= 4 is 96.8 Å². The summed E-state index contributed by atoms with van der Waals surface area (Å²) in [5.74, 6) is -8.98. The molecule has 8 nitrogen and oxygen atoms in total. The summed E-state index contributed by atoms with van der Waals surface area (Å²) in [7, 11) is 0. The smallest absolute Gasteiger partial charge is 0.345 e. The van der Waals surface area contributed by atoms with E-state index in [0.717, 1.165) is 50.9 Å². The van der Waals surface area contributed by atoms with Crippen LogP contribution < -0.4 is 11.2 Å². The van der Waals surface area contributed by atoms with Gasteiger partial charge in [-0.15, -0.1) is 47.5 Å². The molecule has 0 aliphatic rings. The molecule has 6 aromatic rings. The third-order valence-corrected chi connectivity index (χ3v) is 11.1. The molecule has 0 aliphatic heterocycles. The van der Waals surface area contributed by atoms with Crippen molar-refractivity contribution in [2.45, 2.75) is 18.7 Å². The number of hydrogen-bond acceptors (Lipinski definition) is 11. The van der Waals surface area contributed by atoms with Crippen LogP contribution in [-0.4, -0.2) is 47.8 Å². The number of aromatic nitrogens is 1. The molecule has 0 radical (unpaired) electrons. The van der Waals surface area contributed by atoms with E-state index in [1.54, 1.807) is 42.9 Å². The Morgan fingerprint density at radius 3 is 1.96 bits per heavy atom. The van der Waals surface area contributed by atoms with E-state index in [1.807, 2.05) is 36.4 Å². The Bertz CT molecular complexity index is 2500. The number of nitrogen functional groups attached to an aromatic ring is 1. The molecule has 0 saturated heterocycles. The maximum atomic E-state index is 13.8. The van der Waals surface area contributed by atoms with Crippen molar-refractivity contribution < 1.29 is 45.8 Å². The zero-order valence-corrected chi connectivity index (χ0v) is 32.7. The van der Waals surface area contributed by atoms with Gasteiger partial charge in [-0.3, -0.25) is 14.0 Å². The molecule has 0 bridgehead atoms. The van der Waals surface area contributed by atoms with Gasteiger partial charge in [-0.05, 0) is 62.8 Å². The third-order valence-electron chi connectivity index (χ3n) is 7.43. The van der Waals surface area contributed by atoms with Crippen LogP contribution in [0.25, 0.3) is 25.9 Å². The Balaban J connectivity index is 0.000000205. The molecule has 2 N–H and O–H groups in total. The molecule has 55 heavy (non-hydrogen) atoms. The summed E-state index contributed by atoms with van der Waals surface area (Å²) >= 11 is 7.50. The topological polar surface area (TPSA) is 117 Å². The maximum absolute atomic E-state index is 13.8. The van der Waals surface area contributed by atoms with Crippen LogP contribution in [0.3, 0.4) is 0 Å². The molecule has 2 heterocycles. The first-order valence-electron chi connectivity index (χ1n) is 15.9. The standard InChI is InChI=1S/C18H11F2NO3S.C14H13F3O3S2.C6H7NS/c1-2-24-18(23)15-16(22)9-7-10(19)11(20)8-13(9)21-12-5-3-4-6-14(12)25-17(15)21;1-4-20-13(19)11(14(21-2)22-3)12(18)7-5-9(16)10(17)6-8(7)15;7-5-3-1-2-4-6(5)8/h3-8H,2H2,1H3;5-6H,4H2,1-3H3;1-4,8H,7H2. The Kier molecular flexibility index (Phi) is 14.9. The molecule has 0 saturated carbocycles. The molecule has 288 valence electrons. The van der Waals surface area contributed by atoms with Crippen LogP contribution in [0.4, 0.5) is 27.6 Å². The van der Waals surface area contributed by atoms with Gasteiger partial charge in [0.05, 0.1) is 44.1 Å². The first kappa shape index (κ1) is 42.9. The monoisotopic (exact) mass is 834 g/mol. The number of nitrogens with zero attached hydrogens (tertiary/aromatic N) is 1. The number of Topliss-reactive ketones (excluding diaryl/α,β-unsaturated/α-hetero) is 1. The lowest BCUT2D eigenvalue weighted by molar-refractivity contribution is -0.138. The number of anilines is 1. The number of ether oxygens (including phenoxy) is 2. The van der Waals surface area contributed by atoms with E-state index in [2.05, 4.69) is 12.6 Å². The number of carbonyl (C=O) groups excluding carboxylic acids is 3. The zero-order chi connectivity index (χ0) is 40.6. The second-order valence-corrected chi connectivity index (χ2v) is 14.2. The van der Waals surface area contributed by atoms with Gasteiger partial charge in [-0.25, -0.2) is 31.5 Å². The number of halogens is 5. The first-order chi connectivity index (χ1) is 26.2. The Labute approximate surface area is 328 Å². The Morgan fingerprint density at radius 1 is 0.782 bits per heavy atom. The molecule has 0 atom stereocenters. The lowest BCUT2D eigenvalue weighted by Gasteiger charge is -2.11. The fourth-order valence-corrected chi connectivity index (χ4v) is 7.76. The molecule has 2 aromatic heterocycles. The molecule has 17 heteroatoms. The quantitative estimate of drug-likeness (QED) is 0.0178. The fourth-order valence-electron chi connectivity index (χ4n) is 4.99. The number of fused-ring (bicyclic) bond motifs is 5. The fraction of sp³-hybridized carbons (Fsp3) is 0.158. The molecule has 0 aliphatic carbocycles. The van der Waals surface area contributed by atoms with E-state index in [9.17, 15) is 41.1 Å². The number of thiol groups is 1. The van der Waals surface area contributed by atoms with Crippen LogP contribution in [0.1, 0.15) is 34.6 Å². The molecule has 0 unspecified atom stereocenters. The number of carbonyl (C=O) groups is 3. The van der Waals surface area contributed by atoms with Crippen LogP contribution in [0, 0.1) is 29.1 Å². The van der Waals surface area contributed by atoms with Crippen molar-refractivity contribution in [2.75, 3.05) is 31.5 Å². The van der Waals surface area contributed by atoms with E-state index < -0.39 is 63.4 Å². The minimum atomic E-state index is -1.41. The number of benzene rings is 4. The lowest BCUT2D eigenvalue weighted by Crippen LogP contribution is -2.20. The van der Waals surface area contributed by atoms with Crippen molar-refractivity contribution in [3.05, 3.63) is 133 Å². The second kappa shape index (κ2) is 19.2. The average molecular weight is 835 g/mol. The highest BCUT2D eigenvalue weighted by Crippen LogP contribution is 2.33. The molecule has 0 spiro atoms. The summed E-state index contributed by atoms with van der Waals surface area (Å²) in [5, 5.41) is -0.0667. The van der Waals surface area contributed by atoms with Gasteiger partial charge in [0.25, 0.3) is 0 Å². The number of nitrogens with two attached hydrogens (primary N) is 1. The molecule has 0 fully saturated rings. The van der Waals surface area contributed by atoms with Gasteiger partial charge >= 0.3 is 11.9 Å². The summed E-state index contributed by atoms with van der Waals surface area (Å²) < 4.78 is 80.0. The number of pyridine rings is 1. The average Bonchev–Trinajstić information content (AvgIpc) is 3.54. The Morgan fingerprint density at radius 2 is 1.36 bits per heavy atom. The van der Waals surface area contributed by atoms with E-state index in [-0.39, 0.29) is 35.7 Å². The summed E-state index contributed by atoms with van der Waals surface area (Å²) in [6.45, 7) is 3.31. The van der Waals surface area contributed by atoms with E-state index in [1.165, 1.54) is 11.3 Å². The number of ketones is 1. The largest absolute Gasteiger partial charge is 0.462 e. The molecule has 0 amide bonds. The van der Waals surface area contributed by atoms with Crippen molar-refractivity contribution in [1.82, 2.24) is 4.40 Å². The summed E-state index contributed by atoms with van der Waals surface area (Å²) in [5.41, 5.74) is 5.14. The number of para-hydroxylation sites is 2. The zero-order valence-electron chi connectivity index (χ0n) is 29.4. The van der Waals surface area contributed by atoms with Gasteiger partial charge < -0.3 is 15.2 Å². The summed E-state index contributed by atoms with van der Waals surface area (Å²) in [4.78, 5) is 50.7. The van der Waals surface area contributed by atoms with E-state index >= 15 is 0 Å². The first-order valence-corrected chi connectivity index (χ1v) is 19.7. The number of thiazole rings is 1. The molecular formula is C38H31F5N2O6S4. The highest BCUT2D eigenvalue weighted by atomic mass is 32.2. The molecule has 6 rings (SSSR count). The minimum Gasteiger partial charge on any atom is -0.462 e. The molecular weight excluding hydrogens is 804 g/mol. The normalized spacial score (nSPS) is 10.7. The van der Waals surface area contributed by atoms with Crippen molar-refractivity contribution in [3.63, 3.8) is 0 Å². The highest BCUT2D eigenvalue weighted by Gasteiger charge is 2.29. The number of rotatable bonds is 8. The van der Waals surface area contributed by atoms with Gasteiger partial charge in [0.1, 0.15) is 21.8 Å². The van der Waals surface area contributed by atoms with Gasteiger partial charge in [0.15, 0.2) is 23.3 Å². The number of esters is 2. The van der Waals surface area contributed by atoms with Gasteiger partial charge in [-0.2, -0.15) is 0 Å². The molecule has 4 aromatic carbocycles. The van der Waals surface area contributed by atoms with Crippen LogP contribution in [0.15, 0.2) is 92.3 Å². The SMILES string of the molecule is CCOC(=O)C(C(=O)c1cc(F)c(F)cc1F)=C(SC)SC.CCOC(=O)c1c(=O)c2cc(F)c(F)cc2n2c1sc1ccccc12.Nc1ccccc1S. The third kappa shape index (κ3) is 9.52. The number of thioether (sulfide) groups is 2. The summed E-state index contributed by atoms with van der Waals surface area (Å²) in [6.07, 6.45) is 3.25. The van der Waals surface area contributed by atoms with E-state index in [0.29, 0.717) is 20.7 Å². The van der Waals surface area contributed by atoms with Crippen LogP contribution >= 0.6 is 47.5 Å². The number of hydrogen-bond donors (Lipinski definition) is 2. The minimum absolute atomic E-state index is 0.0198. The van der Waals surface area contributed by atoms with Crippen molar-refractivity contribution in [3.8, 4) is 0 Å². The van der Waals surface area contributed by atoms with Gasteiger partial charge in [-0.1, -0.05) is 24.3 Å². The maximum Gasteiger partial charge on any atom is 0.345 e.